The SMILES string of the molecule is CCC1C(=O)OC(C)C(C)OC(=O)C1CC. The van der Waals surface area contributed by atoms with Crippen molar-refractivity contribution in [1.29, 1.82) is 0 Å². The fourth-order valence-electron chi connectivity index (χ4n) is 1.96. The highest BCUT2D eigenvalue weighted by Gasteiger charge is 2.38. The molecule has 0 N–H and O–H groups in total. The number of carbonyl (C=O) groups is 2. The fourth-order valence-corrected chi connectivity index (χ4v) is 1.96. The highest BCUT2D eigenvalue weighted by atomic mass is 16.6. The quantitative estimate of drug-likeness (QED) is 0.677. The van der Waals surface area contributed by atoms with E-state index in [0.717, 1.165) is 0 Å². The van der Waals surface area contributed by atoms with Crippen molar-refractivity contribution in [1.82, 2.24) is 0 Å². The molecule has 1 fully saturated rings. The molecule has 0 aliphatic carbocycles. The van der Waals surface area contributed by atoms with Crippen molar-refractivity contribution in [2.24, 2.45) is 11.8 Å². The Kier molecular flexibility index (Phi) is 4.33. The first-order valence-corrected chi connectivity index (χ1v) is 5.92. The molecule has 0 radical (unpaired) electrons. The molecule has 0 aromatic rings. The molecule has 0 amide bonds. The minimum absolute atomic E-state index is 0.273. The van der Waals surface area contributed by atoms with Gasteiger partial charge in [0.25, 0.3) is 0 Å². The smallest absolute Gasteiger partial charge is 0.310 e. The Hall–Kier alpha value is -1.06. The minimum Gasteiger partial charge on any atom is -0.458 e. The van der Waals surface area contributed by atoms with Gasteiger partial charge in [0, 0.05) is 0 Å². The van der Waals surface area contributed by atoms with Gasteiger partial charge < -0.3 is 9.47 Å². The summed E-state index contributed by atoms with van der Waals surface area (Å²) < 4.78 is 10.5. The standard InChI is InChI=1S/C12H20O4/c1-5-9-10(6-2)12(14)16-8(4)7(3)15-11(9)13/h7-10H,5-6H2,1-4H3. The van der Waals surface area contributed by atoms with Gasteiger partial charge in [-0.25, -0.2) is 0 Å². The third kappa shape index (κ3) is 2.54. The number of hydrogen-bond donors (Lipinski definition) is 0. The number of esters is 2. The number of rotatable bonds is 2. The average molecular weight is 228 g/mol. The first kappa shape index (κ1) is 13.0. The van der Waals surface area contributed by atoms with Crippen LogP contribution >= 0.6 is 0 Å². The largest absolute Gasteiger partial charge is 0.458 e. The molecular formula is C12H20O4. The molecule has 4 nitrogen and oxygen atoms in total. The normalized spacial score (nSPS) is 36.0. The number of hydrogen-bond acceptors (Lipinski definition) is 4. The van der Waals surface area contributed by atoms with E-state index in [0.29, 0.717) is 12.8 Å². The van der Waals surface area contributed by atoms with E-state index in [-0.39, 0.29) is 36.0 Å². The Balaban J connectivity index is 2.92. The summed E-state index contributed by atoms with van der Waals surface area (Å²) in [5.41, 5.74) is 0. The maximum atomic E-state index is 11.8. The summed E-state index contributed by atoms with van der Waals surface area (Å²) in [6, 6.07) is 0. The maximum Gasteiger partial charge on any atom is 0.310 e. The van der Waals surface area contributed by atoms with Gasteiger partial charge in [-0.15, -0.1) is 0 Å². The average Bonchev–Trinajstić information content (AvgIpc) is 2.23. The zero-order valence-electron chi connectivity index (χ0n) is 10.4. The summed E-state index contributed by atoms with van der Waals surface area (Å²) >= 11 is 0. The van der Waals surface area contributed by atoms with Crippen LogP contribution in [0, 0.1) is 11.8 Å². The van der Waals surface area contributed by atoms with E-state index >= 15 is 0 Å². The van der Waals surface area contributed by atoms with E-state index in [9.17, 15) is 9.59 Å². The third-order valence-electron chi connectivity index (χ3n) is 3.24. The summed E-state index contributed by atoms with van der Waals surface area (Å²) in [6.07, 6.45) is 0.466. The van der Waals surface area contributed by atoms with Gasteiger partial charge in [-0.1, -0.05) is 13.8 Å². The van der Waals surface area contributed by atoms with Crippen molar-refractivity contribution in [2.45, 2.75) is 52.7 Å². The number of ether oxygens (including phenoxy) is 2. The molecule has 1 saturated heterocycles. The van der Waals surface area contributed by atoms with Crippen LogP contribution in [-0.4, -0.2) is 24.1 Å². The van der Waals surface area contributed by atoms with Gasteiger partial charge in [-0.05, 0) is 26.7 Å². The second-order valence-electron chi connectivity index (χ2n) is 4.31. The zero-order chi connectivity index (χ0) is 12.3. The fraction of sp³-hybridized carbons (Fsp3) is 0.833. The minimum atomic E-state index is -0.372. The van der Waals surface area contributed by atoms with Crippen LogP contribution in [0.25, 0.3) is 0 Å². The molecule has 0 bridgehead atoms. The molecule has 1 aliphatic rings. The lowest BCUT2D eigenvalue weighted by atomic mass is 9.87. The second kappa shape index (κ2) is 5.32. The molecule has 1 heterocycles. The van der Waals surface area contributed by atoms with Gasteiger partial charge in [0.1, 0.15) is 12.2 Å². The Morgan fingerprint density at radius 1 is 0.875 bits per heavy atom. The van der Waals surface area contributed by atoms with E-state index in [1.165, 1.54) is 0 Å². The summed E-state index contributed by atoms with van der Waals surface area (Å²) in [7, 11) is 0. The monoisotopic (exact) mass is 228 g/mol. The lowest BCUT2D eigenvalue weighted by molar-refractivity contribution is -0.183. The lowest BCUT2D eigenvalue weighted by Gasteiger charge is -2.31. The van der Waals surface area contributed by atoms with Gasteiger partial charge in [0.05, 0.1) is 11.8 Å². The van der Waals surface area contributed by atoms with Crippen LogP contribution in [0.4, 0.5) is 0 Å². The van der Waals surface area contributed by atoms with Gasteiger partial charge in [-0.2, -0.15) is 0 Å². The summed E-state index contributed by atoms with van der Waals surface area (Å²) in [4.78, 5) is 23.7. The van der Waals surface area contributed by atoms with Crippen LogP contribution in [0.2, 0.25) is 0 Å². The molecule has 0 spiro atoms. The number of carbonyl (C=O) groups excluding carboxylic acids is 2. The van der Waals surface area contributed by atoms with E-state index in [4.69, 9.17) is 9.47 Å². The molecule has 4 atom stereocenters. The Morgan fingerprint density at radius 2 is 1.19 bits per heavy atom. The maximum absolute atomic E-state index is 11.8. The highest BCUT2D eigenvalue weighted by Crippen LogP contribution is 2.26. The molecule has 4 heteroatoms. The van der Waals surface area contributed by atoms with Crippen LogP contribution in [-0.2, 0) is 19.1 Å². The first-order chi connectivity index (χ1) is 7.51. The van der Waals surface area contributed by atoms with Crippen LogP contribution in [0.15, 0.2) is 0 Å². The van der Waals surface area contributed by atoms with Crippen LogP contribution in [0.3, 0.4) is 0 Å². The van der Waals surface area contributed by atoms with Gasteiger partial charge in [-0.3, -0.25) is 9.59 Å². The topological polar surface area (TPSA) is 52.6 Å². The second-order valence-corrected chi connectivity index (χ2v) is 4.31. The summed E-state index contributed by atoms with van der Waals surface area (Å²) in [5, 5.41) is 0. The van der Waals surface area contributed by atoms with Crippen molar-refractivity contribution in [2.75, 3.05) is 0 Å². The van der Waals surface area contributed by atoms with Crippen molar-refractivity contribution in [3.63, 3.8) is 0 Å². The van der Waals surface area contributed by atoms with E-state index in [1.807, 2.05) is 13.8 Å². The van der Waals surface area contributed by atoms with Crippen LogP contribution < -0.4 is 0 Å². The summed E-state index contributed by atoms with van der Waals surface area (Å²) in [6.45, 7) is 7.26. The van der Waals surface area contributed by atoms with Crippen molar-refractivity contribution >= 4 is 11.9 Å². The molecule has 1 aliphatic heterocycles. The zero-order valence-corrected chi connectivity index (χ0v) is 10.4. The van der Waals surface area contributed by atoms with Gasteiger partial charge >= 0.3 is 11.9 Å². The Bertz CT molecular complexity index is 246. The predicted octanol–water partition coefficient (Wildman–Crippen LogP) is 1.92. The van der Waals surface area contributed by atoms with Crippen LogP contribution in [0.5, 0.6) is 0 Å². The summed E-state index contributed by atoms with van der Waals surface area (Å²) in [5.74, 6) is -1.28. The van der Waals surface area contributed by atoms with Crippen molar-refractivity contribution in [3.8, 4) is 0 Å². The van der Waals surface area contributed by atoms with E-state index in [2.05, 4.69) is 0 Å². The van der Waals surface area contributed by atoms with Crippen molar-refractivity contribution in [3.05, 3.63) is 0 Å². The Labute approximate surface area is 96.3 Å². The molecule has 92 valence electrons. The first-order valence-electron chi connectivity index (χ1n) is 5.92. The number of cyclic esters (lactones) is 2. The predicted molar refractivity (Wildman–Crippen MR) is 58.7 cm³/mol. The van der Waals surface area contributed by atoms with Crippen molar-refractivity contribution < 1.29 is 19.1 Å². The van der Waals surface area contributed by atoms with E-state index in [1.54, 1.807) is 13.8 Å². The highest BCUT2D eigenvalue weighted by molar-refractivity contribution is 5.82. The van der Waals surface area contributed by atoms with Crippen LogP contribution in [0.1, 0.15) is 40.5 Å². The molecule has 1 rings (SSSR count). The lowest BCUT2D eigenvalue weighted by Crippen LogP contribution is -2.42. The molecular weight excluding hydrogens is 208 g/mol. The third-order valence-corrected chi connectivity index (χ3v) is 3.24. The Morgan fingerprint density at radius 3 is 1.44 bits per heavy atom. The van der Waals surface area contributed by atoms with E-state index < -0.39 is 0 Å². The van der Waals surface area contributed by atoms with Gasteiger partial charge in [0.2, 0.25) is 0 Å². The molecule has 0 saturated carbocycles. The molecule has 0 aromatic heterocycles. The molecule has 4 unspecified atom stereocenters. The molecule has 0 aromatic carbocycles. The molecule has 16 heavy (non-hydrogen) atoms. The van der Waals surface area contributed by atoms with Gasteiger partial charge in [0.15, 0.2) is 0 Å².